The van der Waals surface area contributed by atoms with Gasteiger partial charge in [-0.25, -0.2) is 9.59 Å². The Morgan fingerprint density at radius 3 is 1.41 bits per heavy atom. The highest BCUT2D eigenvalue weighted by Crippen LogP contribution is 2.24. The number of hydrogen-bond acceptors (Lipinski definition) is 4. The fourth-order valence-corrected chi connectivity index (χ4v) is 3.02. The Bertz CT molecular complexity index is 981. The molecule has 32 heavy (non-hydrogen) atoms. The third-order valence-corrected chi connectivity index (χ3v) is 4.52. The van der Waals surface area contributed by atoms with Gasteiger partial charge in [0, 0.05) is 36.6 Å². The normalized spacial score (nSPS) is 11.2. The van der Waals surface area contributed by atoms with Crippen molar-refractivity contribution < 1.29 is 9.59 Å². The smallest absolute Gasteiger partial charge is 0.320 e. The van der Waals surface area contributed by atoms with Gasteiger partial charge in [-0.15, -0.1) is 0 Å². The van der Waals surface area contributed by atoms with Gasteiger partial charge in [-0.2, -0.15) is 10.5 Å². The van der Waals surface area contributed by atoms with Crippen molar-refractivity contribution in [2.45, 2.75) is 52.6 Å². The second kappa shape index (κ2) is 9.48. The number of rotatable bonds is 5. The zero-order chi connectivity index (χ0) is 24.1. The number of hydrogen-bond donors (Lipinski definition) is 4. The van der Waals surface area contributed by atoms with Crippen molar-refractivity contribution in [2.24, 2.45) is 0 Å². The van der Waals surface area contributed by atoms with Crippen LogP contribution in [0.15, 0.2) is 24.5 Å². The van der Waals surface area contributed by atoms with Crippen LogP contribution in [0.2, 0.25) is 0 Å². The van der Waals surface area contributed by atoms with Crippen LogP contribution in [0.1, 0.15) is 52.7 Å². The maximum absolute atomic E-state index is 12.2. The van der Waals surface area contributed by atoms with Gasteiger partial charge in [0.05, 0.1) is 11.1 Å². The third kappa shape index (κ3) is 6.29. The highest BCUT2D eigenvalue weighted by Gasteiger charge is 2.20. The van der Waals surface area contributed by atoms with Crippen molar-refractivity contribution >= 4 is 23.7 Å². The predicted molar refractivity (Wildman–Crippen MR) is 122 cm³/mol. The van der Waals surface area contributed by atoms with E-state index in [1.54, 1.807) is 24.5 Å². The average Bonchev–Trinajstić information content (AvgIpc) is 3.28. The number of nitrogens with zero attached hydrogens (tertiary/aromatic N) is 4. The predicted octanol–water partition coefficient (Wildman–Crippen LogP) is 3.49. The van der Waals surface area contributed by atoms with Gasteiger partial charge in [-0.1, -0.05) is 0 Å². The first-order valence-electron chi connectivity index (χ1n) is 10.2. The average molecular weight is 439 g/mol. The summed E-state index contributed by atoms with van der Waals surface area (Å²) in [5, 5.41) is 29.1. The summed E-state index contributed by atoms with van der Waals surface area (Å²) in [6.45, 7) is 12.2. The maximum atomic E-state index is 12.2. The van der Waals surface area contributed by atoms with E-state index in [1.807, 2.05) is 50.7 Å². The summed E-state index contributed by atoms with van der Waals surface area (Å²) < 4.78 is 3.63. The molecule has 0 bridgehead atoms. The summed E-state index contributed by atoms with van der Waals surface area (Å²) in [6.07, 6.45) is 3.37. The van der Waals surface area contributed by atoms with Crippen LogP contribution < -0.4 is 21.3 Å². The summed E-state index contributed by atoms with van der Waals surface area (Å²) in [7, 11) is 0. The van der Waals surface area contributed by atoms with Gasteiger partial charge < -0.3 is 19.8 Å². The lowest BCUT2D eigenvalue weighted by atomic mass is 10.1. The molecule has 0 radical (unpaired) electrons. The molecule has 4 N–H and O–H groups in total. The van der Waals surface area contributed by atoms with E-state index in [4.69, 9.17) is 10.5 Å². The molecule has 0 aliphatic carbocycles. The monoisotopic (exact) mass is 438 g/mol. The lowest BCUT2D eigenvalue weighted by Crippen LogP contribution is -2.39. The Hall–Kier alpha value is -3.92. The number of urea groups is 2. The Balaban J connectivity index is 1.86. The summed E-state index contributed by atoms with van der Waals surface area (Å²) in [6, 6.07) is 6.47. The first-order valence-corrected chi connectivity index (χ1v) is 10.2. The van der Waals surface area contributed by atoms with Crippen molar-refractivity contribution in [3.05, 3.63) is 35.7 Å². The lowest BCUT2D eigenvalue weighted by Gasteiger charge is -2.24. The molecule has 2 rings (SSSR count). The molecule has 0 saturated carbocycles. The van der Waals surface area contributed by atoms with Gasteiger partial charge in [0.25, 0.3) is 0 Å². The number of anilines is 2. The van der Waals surface area contributed by atoms with E-state index in [2.05, 4.69) is 33.4 Å². The topological polar surface area (TPSA) is 140 Å². The third-order valence-electron chi connectivity index (χ3n) is 4.52. The number of amides is 4. The van der Waals surface area contributed by atoms with E-state index < -0.39 is 12.1 Å². The molecule has 10 heteroatoms. The molecule has 4 amide bonds. The molecular weight excluding hydrogens is 408 g/mol. The molecular formula is C22H30N8O2. The quantitative estimate of drug-likeness (QED) is 0.531. The second-order valence-electron chi connectivity index (χ2n) is 9.30. The molecule has 0 spiro atoms. The fraction of sp³-hybridized carbons (Fsp3) is 0.455. The largest absolute Gasteiger partial charge is 0.336 e. The molecule has 0 unspecified atom stereocenters. The van der Waals surface area contributed by atoms with Crippen molar-refractivity contribution in [1.82, 2.24) is 19.8 Å². The first kappa shape index (κ1) is 24.4. The van der Waals surface area contributed by atoms with Crippen molar-refractivity contribution in [1.29, 1.82) is 10.5 Å². The summed E-state index contributed by atoms with van der Waals surface area (Å²) in [5.41, 5.74) is 0.280. The van der Waals surface area contributed by atoms with Crippen LogP contribution in [-0.4, -0.2) is 34.3 Å². The zero-order valence-electron chi connectivity index (χ0n) is 19.3. The molecule has 0 atom stereocenters. The molecule has 2 heterocycles. The molecule has 10 nitrogen and oxygen atoms in total. The van der Waals surface area contributed by atoms with E-state index in [0.717, 1.165) is 0 Å². The first-order chi connectivity index (χ1) is 14.8. The van der Waals surface area contributed by atoms with Crippen molar-refractivity contribution in [3.8, 4) is 12.1 Å². The van der Waals surface area contributed by atoms with E-state index in [0.29, 0.717) is 22.8 Å². The van der Waals surface area contributed by atoms with E-state index in [-0.39, 0.29) is 24.2 Å². The van der Waals surface area contributed by atoms with Crippen LogP contribution in [0.25, 0.3) is 0 Å². The van der Waals surface area contributed by atoms with Crippen molar-refractivity contribution in [2.75, 3.05) is 23.7 Å². The minimum atomic E-state index is -0.444. The Labute approximate surface area is 188 Å². The highest BCUT2D eigenvalue weighted by atomic mass is 16.2. The standard InChI is InChI=1S/C22H30N8O2/c1-21(2,3)29-13-15(11-23)9-17(29)27-19(31)25-7-8-26-20(32)28-18-10-16(12-24)14-30(18)22(4,5)6/h9-10,13-14H,7-8H2,1-6H3,(H2,25,27,31)(H2,26,28,32). The van der Waals surface area contributed by atoms with Gasteiger partial charge >= 0.3 is 12.1 Å². The minimum Gasteiger partial charge on any atom is -0.336 e. The van der Waals surface area contributed by atoms with Crippen LogP contribution in [0.3, 0.4) is 0 Å². The zero-order valence-corrected chi connectivity index (χ0v) is 19.3. The Morgan fingerprint density at radius 1 is 0.781 bits per heavy atom. The summed E-state index contributed by atoms with van der Waals surface area (Å²) in [4.78, 5) is 24.5. The Kier molecular flexibility index (Phi) is 7.21. The number of nitrogens with one attached hydrogen (secondary N) is 4. The van der Waals surface area contributed by atoms with Crippen LogP contribution in [0.5, 0.6) is 0 Å². The summed E-state index contributed by atoms with van der Waals surface area (Å²) >= 11 is 0. The minimum absolute atomic E-state index is 0.199. The second-order valence-corrected chi connectivity index (χ2v) is 9.30. The van der Waals surface area contributed by atoms with Gasteiger partial charge in [0.15, 0.2) is 0 Å². The van der Waals surface area contributed by atoms with Crippen LogP contribution in [0, 0.1) is 22.7 Å². The van der Waals surface area contributed by atoms with Gasteiger partial charge in [0.1, 0.15) is 23.8 Å². The van der Waals surface area contributed by atoms with Crippen LogP contribution in [-0.2, 0) is 11.1 Å². The van der Waals surface area contributed by atoms with E-state index >= 15 is 0 Å². The number of carbonyl (C=O) groups excluding carboxylic acids is 2. The molecule has 0 aliphatic rings. The van der Waals surface area contributed by atoms with E-state index in [1.165, 1.54) is 0 Å². The highest BCUT2D eigenvalue weighted by molar-refractivity contribution is 5.90. The van der Waals surface area contributed by atoms with Crippen LogP contribution >= 0.6 is 0 Å². The van der Waals surface area contributed by atoms with Gasteiger partial charge in [-0.05, 0) is 53.7 Å². The van der Waals surface area contributed by atoms with Gasteiger partial charge in [0.2, 0.25) is 0 Å². The van der Waals surface area contributed by atoms with Crippen LogP contribution in [0.4, 0.5) is 21.2 Å². The molecule has 0 saturated heterocycles. The molecule has 0 aliphatic heterocycles. The van der Waals surface area contributed by atoms with Gasteiger partial charge in [-0.3, -0.25) is 10.6 Å². The maximum Gasteiger partial charge on any atom is 0.320 e. The fourth-order valence-electron chi connectivity index (χ4n) is 3.02. The van der Waals surface area contributed by atoms with E-state index in [9.17, 15) is 9.59 Å². The number of nitriles is 2. The molecule has 0 fully saturated rings. The van der Waals surface area contributed by atoms with Crippen molar-refractivity contribution in [3.63, 3.8) is 0 Å². The number of aromatic nitrogens is 2. The Morgan fingerprint density at radius 2 is 1.12 bits per heavy atom. The molecule has 170 valence electrons. The number of carbonyl (C=O) groups is 2. The lowest BCUT2D eigenvalue weighted by molar-refractivity contribution is 0.247. The summed E-state index contributed by atoms with van der Waals surface area (Å²) in [5.74, 6) is 1.02. The SMILES string of the molecule is CC(C)(C)n1cc(C#N)cc1NC(=O)NCCNC(=O)Nc1cc(C#N)cn1C(C)(C)C. The molecule has 2 aromatic heterocycles. The molecule has 0 aromatic carbocycles. The molecule has 2 aromatic rings.